The van der Waals surface area contributed by atoms with Crippen LogP contribution in [0, 0.1) is 0 Å². The fourth-order valence-corrected chi connectivity index (χ4v) is 3.63. The molecule has 162 valence electrons. The Morgan fingerprint density at radius 1 is 1.00 bits per heavy atom. The molecule has 0 fully saturated rings. The molecule has 0 aliphatic rings. The van der Waals surface area contributed by atoms with Crippen molar-refractivity contribution in [2.24, 2.45) is 0 Å². The fourth-order valence-electron chi connectivity index (χ4n) is 2.61. The van der Waals surface area contributed by atoms with Crippen molar-refractivity contribution in [2.75, 3.05) is 6.61 Å². The van der Waals surface area contributed by atoms with Crippen molar-refractivity contribution in [3.05, 3.63) is 71.8 Å². The van der Waals surface area contributed by atoms with E-state index in [1.165, 1.54) is 4.90 Å². The van der Waals surface area contributed by atoms with E-state index in [0.717, 1.165) is 17.4 Å². The quantitative estimate of drug-likeness (QED) is 0.396. The summed E-state index contributed by atoms with van der Waals surface area (Å²) in [7, 11) is -2.07. The van der Waals surface area contributed by atoms with Crippen molar-refractivity contribution in [1.82, 2.24) is 4.90 Å². The van der Waals surface area contributed by atoms with E-state index in [9.17, 15) is 9.59 Å². The molecule has 0 unspecified atom stereocenters. The zero-order valence-electron chi connectivity index (χ0n) is 18.6. The highest BCUT2D eigenvalue weighted by Crippen LogP contribution is 2.36. The van der Waals surface area contributed by atoms with Gasteiger partial charge in [-0.1, -0.05) is 81.4 Å². The van der Waals surface area contributed by atoms with Crippen molar-refractivity contribution < 1.29 is 18.8 Å². The average Bonchev–Trinajstić information content (AvgIpc) is 2.72. The molecule has 2 rings (SSSR count). The highest BCUT2D eigenvalue weighted by Gasteiger charge is 2.38. The molecule has 30 heavy (non-hydrogen) atoms. The Morgan fingerprint density at radius 2 is 1.53 bits per heavy atom. The SMILES string of the molecule is CC(C)(C)[Si](C)(C)OC[C@@H](C=O)N(Cc1ccccc1)C(=O)OCc1ccccc1. The molecule has 0 N–H and O–H groups in total. The van der Waals surface area contributed by atoms with Gasteiger partial charge in [0.05, 0.1) is 6.61 Å². The van der Waals surface area contributed by atoms with Gasteiger partial charge in [0.15, 0.2) is 8.32 Å². The fraction of sp³-hybridized carbons (Fsp3) is 0.417. The van der Waals surface area contributed by atoms with Crippen LogP contribution in [-0.4, -0.2) is 38.2 Å². The molecule has 0 radical (unpaired) electrons. The third-order valence-electron chi connectivity index (χ3n) is 5.61. The van der Waals surface area contributed by atoms with Gasteiger partial charge in [-0.05, 0) is 29.3 Å². The van der Waals surface area contributed by atoms with E-state index >= 15 is 0 Å². The molecule has 5 nitrogen and oxygen atoms in total. The zero-order valence-corrected chi connectivity index (χ0v) is 19.6. The lowest BCUT2D eigenvalue weighted by molar-refractivity contribution is -0.113. The minimum Gasteiger partial charge on any atom is -0.445 e. The van der Waals surface area contributed by atoms with Gasteiger partial charge in [-0.2, -0.15) is 0 Å². The Balaban J connectivity index is 2.15. The Labute approximate surface area is 181 Å². The summed E-state index contributed by atoms with van der Waals surface area (Å²) < 4.78 is 11.8. The first kappa shape index (κ1) is 23.8. The number of amides is 1. The lowest BCUT2D eigenvalue weighted by Crippen LogP contribution is -2.48. The lowest BCUT2D eigenvalue weighted by atomic mass is 10.2. The van der Waals surface area contributed by atoms with E-state index in [-0.39, 0.29) is 24.8 Å². The number of nitrogens with zero attached hydrogens (tertiary/aromatic N) is 1. The monoisotopic (exact) mass is 427 g/mol. The molecule has 0 saturated carbocycles. The maximum absolute atomic E-state index is 12.9. The predicted molar refractivity (Wildman–Crippen MR) is 122 cm³/mol. The van der Waals surface area contributed by atoms with Crippen molar-refractivity contribution in [3.8, 4) is 0 Å². The van der Waals surface area contributed by atoms with Gasteiger partial charge in [-0.15, -0.1) is 0 Å². The van der Waals surface area contributed by atoms with Crippen molar-refractivity contribution >= 4 is 20.7 Å². The topological polar surface area (TPSA) is 55.8 Å². The molecule has 0 spiro atoms. The smallest absolute Gasteiger partial charge is 0.411 e. The molecule has 0 bridgehead atoms. The summed E-state index contributed by atoms with van der Waals surface area (Å²) in [6.45, 7) is 11.3. The first-order chi connectivity index (χ1) is 14.1. The van der Waals surface area contributed by atoms with Gasteiger partial charge >= 0.3 is 6.09 Å². The van der Waals surface area contributed by atoms with Crippen LogP contribution >= 0.6 is 0 Å². The molecule has 0 saturated heterocycles. The zero-order chi connectivity index (χ0) is 22.2. The first-order valence-electron chi connectivity index (χ1n) is 10.2. The molecule has 0 heterocycles. The summed E-state index contributed by atoms with van der Waals surface area (Å²) in [5, 5.41) is 0.0124. The Kier molecular flexibility index (Phi) is 8.38. The van der Waals surface area contributed by atoms with Gasteiger partial charge < -0.3 is 14.0 Å². The van der Waals surface area contributed by atoms with Gasteiger partial charge in [0.25, 0.3) is 0 Å². The number of ether oxygens (including phenoxy) is 1. The summed E-state index contributed by atoms with van der Waals surface area (Å²) in [4.78, 5) is 26.4. The number of hydrogen-bond acceptors (Lipinski definition) is 4. The normalized spacial score (nSPS) is 12.8. The Bertz CT molecular complexity index is 803. The maximum atomic E-state index is 12.9. The van der Waals surface area contributed by atoms with Gasteiger partial charge in [0, 0.05) is 6.54 Å². The van der Waals surface area contributed by atoms with Crippen LogP contribution in [0.3, 0.4) is 0 Å². The van der Waals surface area contributed by atoms with Crippen LogP contribution in [0.2, 0.25) is 18.1 Å². The standard InChI is InChI=1S/C24H33NO4Si/c1-24(2,3)30(4,5)29-19-22(17-26)25(16-20-12-8-6-9-13-20)23(27)28-18-21-14-10-7-11-15-21/h6-15,17,22H,16,18-19H2,1-5H3/t22-/m1/s1. The highest BCUT2D eigenvalue weighted by atomic mass is 28.4. The Morgan fingerprint density at radius 3 is 2.03 bits per heavy atom. The third-order valence-corrected chi connectivity index (χ3v) is 10.1. The summed E-state index contributed by atoms with van der Waals surface area (Å²) in [5.74, 6) is 0. The van der Waals surface area contributed by atoms with E-state index in [1.54, 1.807) is 0 Å². The second-order valence-corrected chi connectivity index (χ2v) is 13.7. The van der Waals surface area contributed by atoms with E-state index in [1.807, 2.05) is 60.7 Å². The maximum Gasteiger partial charge on any atom is 0.411 e. The third kappa shape index (κ3) is 6.81. The number of rotatable bonds is 9. The molecule has 1 atom stereocenters. The van der Waals surface area contributed by atoms with Crippen LogP contribution in [0.4, 0.5) is 4.79 Å². The summed E-state index contributed by atoms with van der Waals surface area (Å²) in [6, 6.07) is 18.4. The van der Waals surface area contributed by atoms with E-state index < -0.39 is 20.5 Å². The molecule has 6 heteroatoms. The number of aldehydes is 1. The number of carbonyl (C=O) groups is 2. The molecule has 1 amide bonds. The van der Waals surface area contributed by atoms with E-state index in [4.69, 9.17) is 9.16 Å². The van der Waals surface area contributed by atoms with Crippen molar-refractivity contribution in [3.63, 3.8) is 0 Å². The van der Waals surface area contributed by atoms with Crippen molar-refractivity contribution in [1.29, 1.82) is 0 Å². The highest BCUT2D eigenvalue weighted by molar-refractivity contribution is 6.74. The van der Waals surface area contributed by atoms with E-state index in [0.29, 0.717) is 0 Å². The molecule has 2 aromatic carbocycles. The van der Waals surface area contributed by atoms with Gasteiger partial charge in [0.2, 0.25) is 0 Å². The van der Waals surface area contributed by atoms with Crippen LogP contribution in [-0.2, 0) is 27.1 Å². The molecule has 0 aromatic heterocycles. The second kappa shape index (κ2) is 10.5. The van der Waals surface area contributed by atoms with Crippen LogP contribution in [0.25, 0.3) is 0 Å². The van der Waals surface area contributed by atoms with Crippen LogP contribution < -0.4 is 0 Å². The largest absolute Gasteiger partial charge is 0.445 e. The summed E-state index contributed by atoms with van der Waals surface area (Å²) in [6.07, 6.45) is 0.249. The predicted octanol–water partition coefficient (Wildman–Crippen LogP) is 5.41. The molecule has 0 aliphatic heterocycles. The average molecular weight is 428 g/mol. The van der Waals surface area contributed by atoms with E-state index in [2.05, 4.69) is 33.9 Å². The Hall–Kier alpha value is -2.44. The summed E-state index contributed by atoms with van der Waals surface area (Å²) in [5.41, 5.74) is 1.82. The lowest BCUT2D eigenvalue weighted by Gasteiger charge is -2.38. The van der Waals surface area contributed by atoms with Gasteiger partial charge in [0.1, 0.15) is 18.9 Å². The van der Waals surface area contributed by atoms with Gasteiger partial charge in [-0.3, -0.25) is 4.90 Å². The molecule has 0 aliphatic carbocycles. The van der Waals surface area contributed by atoms with Crippen molar-refractivity contribution in [2.45, 2.75) is 58.1 Å². The number of carbonyl (C=O) groups excluding carboxylic acids is 2. The van der Waals surface area contributed by atoms with Crippen LogP contribution in [0.1, 0.15) is 31.9 Å². The number of hydrogen-bond donors (Lipinski definition) is 0. The minimum absolute atomic E-state index is 0.0124. The van der Waals surface area contributed by atoms with Gasteiger partial charge in [-0.25, -0.2) is 4.79 Å². The first-order valence-corrected chi connectivity index (χ1v) is 13.2. The minimum atomic E-state index is -2.07. The second-order valence-electron chi connectivity index (χ2n) is 8.93. The molecule has 2 aromatic rings. The molecular formula is C24H33NO4Si. The number of benzene rings is 2. The summed E-state index contributed by atoms with van der Waals surface area (Å²) >= 11 is 0. The van der Waals surface area contributed by atoms with Crippen LogP contribution in [0.15, 0.2) is 60.7 Å². The van der Waals surface area contributed by atoms with Crippen LogP contribution in [0.5, 0.6) is 0 Å². The molecular weight excluding hydrogens is 394 g/mol.